The number of piperazine rings is 1. The fourth-order valence-corrected chi connectivity index (χ4v) is 3.67. The minimum atomic E-state index is -0.330. The maximum Gasteiger partial charge on any atom is 0.227 e. The number of carbonyl (C=O) groups excluding carboxylic acids is 2. The Morgan fingerprint density at radius 3 is 2.45 bits per heavy atom. The first-order valence-electron chi connectivity index (χ1n) is 9.85. The zero-order valence-corrected chi connectivity index (χ0v) is 17.9. The van der Waals surface area contributed by atoms with Gasteiger partial charge in [-0.25, -0.2) is 0 Å². The molecule has 29 heavy (non-hydrogen) atoms. The molecular weight excluding hydrogens is 396 g/mol. The van der Waals surface area contributed by atoms with Crippen LogP contribution in [0.5, 0.6) is 11.5 Å². The van der Waals surface area contributed by atoms with E-state index >= 15 is 0 Å². The lowest BCUT2D eigenvalue weighted by atomic mass is 10.1. The standard InChI is InChI=1S/C20H30N4O4.ClH/c1-27-17-11-16(12-18(13-17)28-2)24-14-15(10-19(24)25)20(26)22-4-3-7-23-8-5-21-6-9-23;/h11-13,15,21H,3-10,14H2,1-2H3,(H,22,26);1H. The van der Waals surface area contributed by atoms with Gasteiger partial charge in [0, 0.05) is 63.9 Å². The van der Waals surface area contributed by atoms with Gasteiger partial charge in [-0.3, -0.25) is 9.59 Å². The maximum atomic E-state index is 12.5. The van der Waals surface area contributed by atoms with Crippen LogP contribution in [-0.2, 0) is 9.59 Å². The molecule has 2 aliphatic rings. The van der Waals surface area contributed by atoms with Crippen LogP contribution in [0.3, 0.4) is 0 Å². The number of amides is 2. The van der Waals surface area contributed by atoms with Crippen LogP contribution in [0, 0.1) is 5.92 Å². The predicted molar refractivity (Wildman–Crippen MR) is 114 cm³/mol. The van der Waals surface area contributed by atoms with Crippen molar-refractivity contribution in [2.45, 2.75) is 12.8 Å². The lowest BCUT2D eigenvalue weighted by molar-refractivity contribution is -0.126. The van der Waals surface area contributed by atoms with E-state index in [0.29, 0.717) is 30.3 Å². The van der Waals surface area contributed by atoms with Crippen molar-refractivity contribution >= 4 is 29.9 Å². The normalized spacial score (nSPS) is 19.6. The first-order chi connectivity index (χ1) is 13.6. The number of nitrogens with one attached hydrogen (secondary N) is 2. The summed E-state index contributed by atoms with van der Waals surface area (Å²) in [6, 6.07) is 5.33. The summed E-state index contributed by atoms with van der Waals surface area (Å²) in [4.78, 5) is 29.0. The van der Waals surface area contributed by atoms with Crippen LogP contribution in [0.2, 0.25) is 0 Å². The zero-order chi connectivity index (χ0) is 19.9. The molecule has 2 N–H and O–H groups in total. The van der Waals surface area contributed by atoms with E-state index < -0.39 is 0 Å². The molecule has 2 amide bonds. The number of rotatable bonds is 8. The number of nitrogens with zero attached hydrogens (tertiary/aromatic N) is 2. The van der Waals surface area contributed by atoms with E-state index in [4.69, 9.17) is 9.47 Å². The molecule has 0 spiro atoms. The molecule has 9 heteroatoms. The first kappa shape index (κ1) is 23.3. The summed E-state index contributed by atoms with van der Waals surface area (Å²) in [6.07, 6.45) is 1.15. The van der Waals surface area contributed by atoms with Crippen LogP contribution < -0.4 is 25.0 Å². The van der Waals surface area contributed by atoms with Gasteiger partial charge in [0.15, 0.2) is 0 Å². The molecule has 2 fully saturated rings. The molecule has 8 nitrogen and oxygen atoms in total. The van der Waals surface area contributed by atoms with Gasteiger partial charge in [0.05, 0.1) is 25.8 Å². The highest BCUT2D eigenvalue weighted by molar-refractivity contribution is 6.00. The number of hydrogen-bond donors (Lipinski definition) is 2. The fraction of sp³-hybridized carbons (Fsp3) is 0.600. The fourth-order valence-electron chi connectivity index (χ4n) is 3.67. The quantitative estimate of drug-likeness (QED) is 0.601. The number of ether oxygens (including phenoxy) is 2. The second kappa shape index (κ2) is 11.2. The summed E-state index contributed by atoms with van der Waals surface area (Å²) < 4.78 is 10.6. The number of benzene rings is 1. The van der Waals surface area contributed by atoms with Crippen LogP contribution >= 0.6 is 12.4 Å². The number of halogens is 1. The highest BCUT2D eigenvalue weighted by atomic mass is 35.5. The van der Waals surface area contributed by atoms with Crippen molar-refractivity contribution in [2.75, 3.05) is 64.9 Å². The molecule has 1 unspecified atom stereocenters. The lowest BCUT2D eigenvalue weighted by Gasteiger charge is -2.27. The van der Waals surface area contributed by atoms with E-state index in [2.05, 4.69) is 15.5 Å². The lowest BCUT2D eigenvalue weighted by Crippen LogP contribution is -2.44. The highest BCUT2D eigenvalue weighted by Gasteiger charge is 2.35. The molecule has 1 atom stereocenters. The van der Waals surface area contributed by atoms with Gasteiger partial charge in [0.1, 0.15) is 11.5 Å². The van der Waals surface area contributed by atoms with Crippen molar-refractivity contribution in [1.82, 2.24) is 15.5 Å². The molecule has 1 aromatic carbocycles. The molecule has 0 radical (unpaired) electrons. The molecule has 0 aromatic heterocycles. The third kappa shape index (κ3) is 6.22. The second-order valence-corrected chi connectivity index (χ2v) is 7.21. The zero-order valence-electron chi connectivity index (χ0n) is 17.1. The van der Waals surface area contributed by atoms with Crippen LogP contribution in [0.25, 0.3) is 0 Å². The van der Waals surface area contributed by atoms with Gasteiger partial charge in [0.2, 0.25) is 11.8 Å². The predicted octanol–water partition coefficient (Wildman–Crippen LogP) is 0.890. The van der Waals surface area contributed by atoms with Crippen molar-refractivity contribution in [3.63, 3.8) is 0 Å². The average Bonchev–Trinajstić information content (AvgIpc) is 3.13. The molecule has 162 valence electrons. The van der Waals surface area contributed by atoms with Gasteiger partial charge in [0.25, 0.3) is 0 Å². The Balaban J connectivity index is 0.00000300. The summed E-state index contributed by atoms with van der Waals surface area (Å²) in [5, 5.41) is 6.33. The summed E-state index contributed by atoms with van der Waals surface area (Å²) in [7, 11) is 3.14. The second-order valence-electron chi connectivity index (χ2n) is 7.21. The SMILES string of the molecule is COc1cc(OC)cc(N2CC(C(=O)NCCCN3CCNCC3)CC2=O)c1.Cl. The van der Waals surface area contributed by atoms with Crippen molar-refractivity contribution in [2.24, 2.45) is 5.92 Å². The Hall–Kier alpha value is -2.03. The molecule has 2 aliphatic heterocycles. The molecule has 2 saturated heterocycles. The Labute approximate surface area is 178 Å². The molecule has 0 aliphatic carbocycles. The highest BCUT2D eigenvalue weighted by Crippen LogP contribution is 2.32. The van der Waals surface area contributed by atoms with Crippen molar-refractivity contribution < 1.29 is 19.1 Å². The third-order valence-corrected chi connectivity index (χ3v) is 5.30. The molecule has 2 heterocycles. The Bertz CT molecular complexity index is 675. The van der Waals surface area contributed by atoms with Crippen LogP contribution in [0.15, 0.2) is 18.2 Å². The summed E-state index contributed by atoms with van der Waals surface area (Å²) in [6.45, 7) is 6.18. The van der Waals surface area contributed by atoms with E-state index in [1.807, 2.05) is 0 Å². The molecular formula is C20H31ClN4O4. The van der Waals surface area contributed by atoms with E-state index in [1.54, 1.807) is 37.3 Å². The minimum Gasteiger partial charge on any atom is -0.497 e. The summed E-state index contributed by atoms with van der Waals surface area (Å²) >= 11 is 0. The Kier molecular flexibility index (Phi) is 9.00. The van der Waals surface area contributed by atoms with E-state index in [0.717, 1.165) is 39.1 Å². The number of carbonyl (C=O) groups is 2. The van der Waals surface area contributed by atoms with Crippen molar-refractivity contribution in [3.8, 4) is 11.5 Å². The number of methoxy groups -OCH3 is 2. The molecule has 0 saturated carbocycles. The molecule has 1 aromatic rings. The average molecular weight is 427 g/mol. The number of hydrogen-bond acceptors (Lipinski definition) is 6. The summed E-state index contributed by atoms with van der Waals surface area (Å²) in [5.74, 6) is 0.789. The minimum absolute atomic E-state index is 0. The third-order valence-electron chi connectivity index (χ3n) is 5.30. The largest absolute Gasteiger partial charge is 0.497 e. The van der Waals surface area contributed by atoms with Crippen LogP contribution in [-0.4, -0.2) is 76.7 Å². The van der Waals surface area contributed by atoms with Gasteiger partial charge in [-0.05, 0) is 13.0 Å². The first-order valence-corrected chi connectivity index (χ1v) is 9.85. The van der Waals surface area contributed by atoms with Crippen LogP contribution in [0.4, 0.5) is 5.69 Å². The number of anilines is 1. The van der Waals surface area contributed by atoms with Crippen molar-refractivity contribution in [1.29, 1.82) is 0 Å². The summed E-state index contributed by atoms with van der Waals surface area (Å²) in [5.41, 5.74) is 0.690. The van der Waals surface area contributed by atoms with Gasteiger partial charge >= 0.3 is 0 Å². The topological polar surface area (TPSA) is 83.1 Å². The van der Waals surface area contributed by atoms with Crippen molar-refractivity contribution in [3.05, 3.63) is 18.2 Å². The van der Waals surface area contributed by atoms with Gasteiger partial charge in [-0.1, -0.05) is 0 Å². The van der Waals surface area contributed by atoms with Gasteiger partial charge in [-0.2, -0.15) is 0 Å². The maximum absolute atomic E-state index is 12.5. The van der Waals surface area contributed by atoms with E-state index in [9.17, 15) is 9.59 Å². The van der Waals surface area contributed by atoms with Gasteiger partial charge in [-0.15, -0.1) is 12.4 Å². The van der Waals surface area contributed by atoms with E-state index in [-0.39, 0.29) is 36.6 Å². The van der Waals surface area contributed by atoms with Crippen LogP contribution in [0.1, 0.15) is 12.8 Å². The smallest absolute Gasteiger partial charge is 0.227 e. The molecule has 0 bridgehead atoms. The Morgan fingerprint density at radius 2 is 1.83 bits per heavy atom. The monoisotopic (exact) mass is 426 g/mol. The van der Waals surface area contributed by atoms with E-state index in [1.165, 1.54) is 0 Å². The Morgan fingerprint density at radius 1 is 1.17 bits per heavy atom. The van der Waals surface area contributed by atoms with Gasteiger partial charge < -0.3 is 29.9 Å². The molecule has 3 rings (SSSR count).